The summed E-state index contributed by atoms with van der Waals surface area (Å²) < 4.78 is 5.20. The van der Waals surface area contributed by atoms with E-state index in [0.29, 0.717) is 6.61 Å². The number of ether oxygens (including phenoxy) is 1. The fraction of sp³-hybridized carbons (Fsp3) is 0.714. The summed E-state index contributed by atoms with van der Waals surface area (Å²) >= 11 is 0. The number of piperazine rings is 1. The Morgan fingerprint density at radius 1 is 1.25 bits per heavy atom. The lowest BCUT2D eigenvalue weighted by Crippen LogP contribution is -2.45. The lowest BCUT2D eigenvalue weighted by atomic mass is 10.3. The number of nitrogens with zero attached hydrogens (tertiary/aromatic N) is 4. The molecular formula is C14H25N5O. The van der Waals surface area contributed by atoms with E-state index < -0.39 is 0 Å². The van der Waals surface area contributed by atoms with Crippen molar-refractivity contribution in [1.82, 2.24) is 14.9 Å². The molecule has 0 spiro atoms. The molecule has 20 heavy (non-hydrogen) atoms. The van der Waals surface area contributed by atoms with E-state index in [1.54, 1.807) is 7.11 Å². The normalized spacial score (nSPS) is 16.4. The van der Waals surface area contributed by atoms with Crippen molar-refractivity contribution in [2.75, 3.05) is 57.1 Å². The standard InChI is InChI=1S/C14H25N5O/c1-4-5-15-13-10-12(11-20-3)16-14(17-13)19-8-6-18(2)7-9-19/h10H,4-9,11H2,1-3H3,(H,15,16,17). The molecule has 1 fully saturated rings. The van der Waals surface area contributed by atoms with Crippen molar-refractivity contribution in [2.24, 2.45) is 0 Å². The molecule has 2 heterocycles. The van der Waals surface area contributed by atoms with Gasteiger partial charge in [0.05, 0.1) is 12.3 Å². The minimum Gasteiger partial charge on any atom is -0.378 e. The van der Waals surface area contributed by atoms with Gasteiger partial charge in [0.25, 0.3) is 0 Å². The van der Waals surface area contributed by atoms with Crippen LogP contribution in [0.5, 0.6) is 0 Å². The Bertz CT molecular complexity index is 418. The van der Waals surface area contributed by atoms with Gasteiger partial charge in [-0.1, -0.05) is 6.92 Å². The highest BCUT2D eigenvalue weighted by Crippen LogP contribution is 2.16. The molecule has 0 radical (unpaired) electrons. The van der Waals surface area contributed by atoms with E-state index in [4.69, 9.17) is 4.74 Å². The van der Waals surface area contributed by atoms with Crippen LogP contribution in [0.4, 0.5) is 11.8 Å². The zero-order valence-corrected chi connectivity index (χ0v) is 12.7. The monoisotopic (exact) mass is 279 g/mol. The summed E-state index contributed by atoms with van der Waals surface area (Å²) in [5, 5.41) is 3.34. The summed E-state index contributed by atoms with van der Waals surface area (Å²) in [6.45, 7) is 7.63. The zero-order chi connectivity index (χ0) is 14.4. The maximum atomic E-state index is 5.20. The third kappa shape index (κ3) is 4.05. The summed E-state index contributed by atoms with van der Waals surface area (Å²) in [6, 6.07) is 1.97. The Labute approximate surface area is 121 Å². The second-order valence-corrected chi connectivity index (χ2v) is 5.19. The predicted molar refractivity (Wildman–Crippen MR) is 81.2 cm³/mol. The van der Waals surface area contributed by atoms with Crippen molar-refractivity contribution in [3.63, 3.8) is 0 Å². The molecule has 0 atom stereocenters. The molecular weight excluding hydrogens is 254 g/mol. The van der Waals surface area contributed by atoms with Gasteiger partial charge in [0.2, 0.25) is 5.95 Å². The second-order valence-electron chi connectivity index (χ2n) is 5.19. The number of rotatable bonds is 6. The van der Waals surface area contributed by atoms with Crippen LogP contribution in [-0.4, -0.2) is 61.7 Å². The molecule has 0 bridgehead atoms. The van der Waals surface area contributed by atoms with E-state index in [1.165, 1.54) is 0 Å². The van der Waals surface area contributed by atoms with E-state index in [9.17, 15) is 0 Å². The van der Waals surface area contributed by atoms with Crippen molar-refractivity contribution >= 4 is 11.8 Å². The van der Waals surface area contributed by atoms with Crippen molar-refractivity contribution in [3.05, 3.63) is 11.8 Å². The highest BCUT2D eigenvalue weighted by atomic mass is 16.5. The molecule has 0 aliphatic carbocycles. The lowest BCUT2D eigenvalue weighted by molar-refractivity contribution is 0.181. The Balaban J connectivity index is 2.15. The summed E-state index contributed by atoms with van der Waals surface area (Å²) in [5.41, 5.74) is 0.926. The highest BCUT2D eigenvalue weighted by molar-refractivity contribution is 5.44. The first-order chi connectivity index (χ1) is 9.72. The smallest absolute Gasteiger partial charge is 0.227 e. The van der Waals surface area contributed by atoms with Gasteiger partial charge in [0.15, 0.2) is 0 Å². The van der Waals surface area contributed by atoms with E-state index in [2.05, 4.69) is 39.1 Å². The van der Waals surface area contributed by atoms with Crippen LogP contribution < -0.4 is 10.2 Å². The van der Waals surface area contributed by atoms with Crippen molar-refractivity contribution in [2.45, 2.75) is 20.0 Å². The molecule has 0 amide bonds. The molecule has 1 aromatic rings. The molecule has 1 aromatic heterocycles. The summed E-state index contributed by atoms with van der Waals surface area (Å²) in [4.78, 5) is 13.8. The van der Waals surface area contributed by atoms with Crippen LogP contribution in [0.3, 0.4) is 0 Å². The Kier molecular flexibility index (Phi) is 5.55. The fourth-order valence-corrected chi connectivity index (χ4v) is 2.20. The van der Waals surface area contributed by atoms with Crippen LogP contribution >= 0.6 is 0 Å². The van der Waals surface area contributed by atoms with Crippen LogP contribution in [0.15, 0.2) is 6.07 Å². The Morgan fingerprint density at radius 3 is 2.65 bits per heavy atom. The minimum atomic E-state index is 0.518. The SMILES string of the molecule is CCCNc1cc(COC)nc(N2CCN(C)CC2)n1. The first kappa shape index (κ1) is 15.0. The average Bonchev–Trinajstić information content (AvgIpc) is 2.46. The molecule has 1 aliphatic rings. The second kappa shape index (κ2) is 7.40. The third-order valence-corrected chi connectivity index (χ3v) is 3.40. The van der Waals surface area contributed by atoms with E-state index in [-0.39, 0.29) is 0 Å². The van der Waals surface area contributed by atoms with Crippen molar-refractivity contribution < 1.29 is 4.74 Å². The molecule has 1 aliphatic heterocycles. The van der Waals surface area contributed by atoms with E-state index >= 15 is 0 Å². The minimum absolute atomic E-state index is 0.518. The zero-order valence-electron chi connectivity index (χ0n) is 12.7. The molecule has 112 valence electrons. The number of methoxy groups -OCH3 is 1. The molecule has 1 N–H and O–H groups in total. The van der Waals surface area contributed by atoms with Gasteiger partial charge in [0.1, 0.15) is 5.82 Å². The van der Waals surface area contributed by atoms with Crippen LogP contribution in [0.2, 0.25) is 0 Å². The van der Waals surface area contributed by atoms with Gasteiger partial charge in [0, 0.05) is 45.9 Å². The quantitative estimate of drug-likeness (QED) is 0.844. The van der Waals surface area contributed by atoms with E-state index in [0.717, 1.165) is 56.6 Å². The number of hydrogen-bond acceptors (Lipinski definition) is 6. The van der Waals surface area contributed by atoms with Gasteiger partial charge < -0.3 is 19.9 Å². The van der Waals surface area contributed by atoms with Crippen molar-refractivity contribution in [1.29, 1.82) is 0 Å². The first-order valence-electron chi connectivity index (χ1n) is 7.27. The topological polar surface area (TPSA) is 53.5 Å². The lowest BCUT2D eigenvalue weighted by Gasteiger charge is -2.32. The van der Waals surface area contributed by atoms with Crippen LogP contribution in [0.25, 0.3) is 0 Å². The molecule has 1 saturated heterocycles. The number of hydrogen-bond donors (Lipinski definition) is 1. The largest absolute Gasteiger partial charge is 0.378 e. The van der Waals surface area contributed by atoms with Crippen molar-refractivity contribution in [3.8, 4) is 0 Å². The van der Waals surface area contributed by atoms with Gasteiger partial charge in [-0.15, -0.1) is 0 Å². The number of nitrogens with one attached hydrogen (secondary N) is 1. The molecule has 0 aromatic carbocycles. The molecule has 6 heteroatoms. The number of anilines is 2. The van der Waals surface area contributed by atoms with Gasteiger partial charge >= 0.3 is 0 Å². The summed E-state index contributed by atoms with van der Waals surface area (Å²) in [5.74, 6) is 1.70. The van der Waals surface area contributed by atoms with Gasteiger partial charge in [-0.25, -0.2) is 4.98 Å². The van der Waals surface area contributed by atoms with E-state index in [1.807, 2.05) is 6.07 Å². The molecule has 0 saturated carbocycles. The number of likely N-dealkylation sites (N-methyl/N-ethyl adjacent to an activating group) is 1. The third-order valence-electron chi connectivity index (χ3n) is 3.40. The maximum absolute atomic E-state index is 5.20. The molecule has 2 rings (SSSR count). The predicted octanol–water partition coefficient (Wildman–Crippen LogP) is 1.20. The Hall–Kier alpha value is -1.40. The highest BCUT2D eigenvalue weighted by Gasteiger charge is 2.17. The average molecular weight is 279 g/mol. The van der Waals surface area contributed by atoms with Crippen LogP contribution in [0, 0.1) is 0 Å². The van der Waals surface area contributed by atoms with Gasteiger partial charge in [-0.05, 0) is 13.5 Å². The fourth-order valence-electron chi connectivity index (χ4n) is 2.20. The van der Waals surface area contributed by atoms with Crippen LogP contribution in [-0.2, 0) is 11.3 Å². The summed E-state index contributed by atoms with van der Waals surface area (Å²) in [7, 11) is 3.84. The molecule has 6 nitrogen and oxygen atoms in total. The van der Waals surface area contributed by atoms with Gasteiger partial charge in [-0.3, -0.25) is 0 Å². The number of aromatic nitrogens is 2. The maximum Gasteiger partial charge on any atom is 0.227 e. The first-order valence-corrected chi connectivity index (χ1v) is 7.27. The molecule has 0 unspecified atom stereocenters. The Morgan fingerprint density at radius 2 is 2.00 bits per heavy atom. The summed E-state index contributed by atoms with van der Waals surface area (Å²) in [6.07, 6.45) is 1.08. The van der Waals surface area contributed by atoms with Gasteiger partial charge in [-0.2, -0.15) is 4.98 Å². The van der Waals surface area contributed by atoms with Crippen LogP contribution in [0.1, 0.15) is 19.0 Å².